The lowest BCUT2D eigenvalue weighted by Crippen LogP contribution is -2.23. The minimum atomic E-state index is -0.869. The Bertz CT molecular complexity index is 183. The Balaban J connectivity index is 3.80. The van der Waals surface area contributed by atoms with Crippen molar-refractivity contribution in [2.24, 2.45) is 0 Å². The molecule has 0 radical (unpaired) electrons. The lowest BCUT2D eigenvalue weighted by atomic mass is 10.0. The van der Waals surface area contributed by atoms with Gasteiger partial charge in [0.1, 0.15) is 5.78 Å². The molecule has 16 heavy (non-hydrogen) atoms. The molecular formula is C11H22O5. The highest BCUT2D eigenvalue weighted by Gasteiger charge is 2.17. The van der Waals surface area contributed by atoms with Crippen molar-refractivity contribution in [1.82, 2.24) is 0 Å². The number of rotatable bonds is 8. The SMILES string of the molecule is C[C@@H](O)CC(O)CC(=O)CC(O)C[C@@H](C)O. The van der Waals surface area contributed by atoms with Crippen molar-refractivity contribution in [2.45, 2.75) is 63.9 Å². The fourth-order valence-corrected chi connectivity index (χ4v) is 1.56. The van der Waals surface area contributed by atoms with Crippen LogP contribution >= 0.6 is 0 Å². The molecule has 4 N–H and O–H groups in total. The van der Waals surface area contributed by atoms with Crippen molar-refractivity contribution in [3.8, 4) is 0 Å². The fourth-order valence-electron chi connectivity index (χ4n) is 1.56. The van der Waals surface area contributed by atoms with Gasteiger partial charge in [0.2, 0.25) is 0 Å². The third kappa shape index (κ3) is 8.79. The van der Waals surface area contributed by atoms with E-state index in [1.807, 2.05) is 0 Å². The Morgan fingerprint density at radius 1 is 0.875 bits per heavy atom. The van der Waals surface area contributed by atoms with E-state index in [1.54, 1.807) is 0 Å². The molecule has 0 fully saturated rings. The second-order valence-corrected chi connectivity index (χ2v) is 4.42. The lowest BCUT2D eigenvalue weighted by Gasteiger charge is -2.14. The van der Waals surface area contributed by atoms with Gasteiger partial charge in [0.25, 0.3) is 0 Å². The molecule has 0 amide bonds. The van der Waals surface area contributed by atoms with Gasteiger partial charge in [-0.3, -0.25) is 4.79 Å². The van der Waals surface area contributed by atoms with E-state index in [0.717, 1.165) is 0 Å². The third-order valence-corrected chi connectivity index (χ3v) is 2.15. The van der Waals surface area contributed by atoms with Crippen LogP contribution in [0.2, 0.25) is 0 Å². The average Bonchev–Trinajstić information content (AvgIpc) is 1.97. The zero-order valence-electron chi connectivity index (χ0n) is 9.83. The van der Waals surface area contributed by atoms with Crippen molar-refractivity contribution in [3.05, 3.63) is 0 Å². The number of aliphatic hydroxyl groups is 4. The monoisotopic (exact) mass is 234 g/mol. The Kier molecular flexibility index (Phi) is 7.49. The van der Waals surface area contributed by atoms with E-state index in [9.17, 15) is 15.0 Å². The quantitative estimate of drug-likeness (QED) is 0.458. The third-order valence-electron chi connectivity index (χ3n) is 2.15. The summed E-state index contributed by atoms with van der Waals surface area (Å²) in [4.78, 5) is 11.3. The van der Waals surface area contributed by atoms with Crippen LogP contribution in [0.15, 0.2) is 0 Å². The van der Waals surface area contributed by atoms with Crippen LogP contribution in [0, 0.1) is 0 Å². The maximum absolute atomic E-state index is 11.3. The maximum Gasteiger partial charge on any atom is 0.138 e. The highest BCUT2D eigenvalue weighted by Crippen LogP contribution is 2.08. The van der Waals surface area contributed by atoms with Crippen molar-refractivity contribution in [1.29, 1.82) is 0 Å². The zero-order chi connectivity index (χ0) is 12.7. The number of Topliss-reactive ketones (excluding diaryl/α,β-unsaturated/α-hetero) is 1. The summed E-state index contributed by atoms with van der Waals surface area (Å²) in [5.41, 5.74) is 0. The summed E-state index contributed by atoms with van der Waals surface area (Å²) < 4.78 is 0. The highest BCUT2D eigenvalue weighted by molar-refractivity contribution is 5.79. The summed E-state index contributed by atoms with van der Waals surface area (Å²) in [5.74, 6) is -0.263. The van der Waals surface area contributed by atoms with Gasteiger partial charge in [-0.1, -0.05) is 0 Å². The molecule has 0 aliphatic heterocycles. The van der Waals surface area contributed by atoms with Crippen LogP contribution in [0.4, 0.5) is 0 Å². The molecular weight excluding hydrogens is 212 g/mol. The molecule has 4 atom stereocenters. The van der Waals surface area contributed by atoms with Gasteiger partial charge >= 0.3 is 0 Å². The molecule has 0 aliphatic carbocycles. The van der Waals surface area contributed by atoms with Crippen molar-refractivity contribution >= 4 is 5.78 Å². The van der Waals surface area contributed by atoms with Crippen LogP contribution in [0.1, 0.15) is 39.5 Å². The summed E-state index contributed by atoms with van der Waals surface area (Å²) in [5, 5.41) is 36.7. The van der Waals surface area contributed by atoms with Gasteiger partial charge in [-0.2, -0.15) is 0 Å². The standard InChI is InChI=1S/C11H22O5/c1-7(12)3-9(14)5-11(16)6-10(15)4-8(2)13/h7-10,12-15H,3-6H2,1-2H3/t7-,8-,9?,10?/m1/s1. The van der Waals surface area contributed by atoms with Crippen LogP contribution in [-0.2, 0) is 4.79 Å². The number of hydrogen-bond acceptors (Lipinski definition) is 5. The van der Waals surface area contributed by atoms with Crippen molar-refractivity contribution in [3.63, 3.8) is 0 Å². The first-order valence-electron chi connectivity index (χ1n) is 5.55. The van der Waals surface area contributed by atoms with Crippen LogP contribution < -0.4 is 0 Å². The minimum absolute atomic E-state index is 0.0677. The smallest absolute Gasteiger partial charge is 0.138 e. The van der Waals surface area contributed by atoms with E-state index >= 15 is 0 Å². The molecule has 5 nitrogen and oxygen atoms in total. The van der Waals surface area contributed by atoms with E-state index in [1.165, 1.54) is 13.8 Å². The van der Waals surface area contributed by atoms with Gasteiger partial charge in [0, 0.05) is 12.8 Å². The zero-order valence-corrected chi connectivity index (χ0v) is 9.83. The van der Waals surface area contributed by atoms with Gasteiger partial charge < -0.3 is 20.4 Å². The van der Waals surface area contributed by atoms with Gasteiger partial charge in [-0.05, 0) is 26.7 Å². The average molecular weight is 234 g/mol. The predicted octanol–water partition coefficient (Wildman–Crippen LogP) is -0.401. The maximum atomic E-state index is 11.3. The molecule has 0 aromatic heterocycles. The van der Waals surface area contributed by atoms with E-state index in [-0.39, 0.29) is 31.5 Å². The van der Waals surface area contributed by atoms with E-state index < -0.39 is 24.4 Å². The van der Waals surface area contributed by atoms with E-state index in [2.05, 4.69) is 0 Å². The van der Waals surface area contributed by atoms with Crippen LogP contribution in [0.3, 0.4) is 0 Å². The minimum Gasteiger partial charge on any atom is -0.393 e. The molecule has 96 valence electrons. The number of ketones is 1. The van der Waals surface area contributed by atoms with Gasteiger partial charge in [0.05, 0.1) is 24.4 Å². The van der Waals surface area contributed by atoms with Crippen LogP contribution in [0.25, 0.3) is 0 Å². The van der Waals surface area contributed by atoms with E-state index in [4.69, 9.17) is 10.2 Å². The fraction of sp³-hybridized carbons (Fsp3) is 0.909. The predicted molar refractivity (Wildman–Crippen MR) is 58.9 cm³/mol. The summed E-state index contributed by atoms with van der Waals surface area (Å²) >= 11 is 0. The second kappa shape index (κ2) is 7.73. The Hall–Kier alpha value is -0.490. The number of hydrogen-bond donors (Lipinski definition) is 4. The number of carbonyl (C=O) groups excluding carboxylic acids is 1. The number of aliphatic hydroxyl groups excluding tert-OH is 4. The highest BCUT2D eigenvalue weighted by atomic mass is 16.3. The molecule has 0 saturated heterocycles. The summed E-state index contributed by atoms with van der Waals surface area (Å²) in [6.07, 6.45) is -2.87. The molecule has 0 rings (SSSR count). The first-order valence-corrected chi connectivity index (χ1v) is 5.55. The molecule has 2 unspecified atom stereocenters. The van der Waals surface area contributed by atoms with Gasteiger partial charge in [-0.15, -0.1) is 0 Å². The molecule has 0 heterocycles. The summed E-state index contributed by atoms with van der Waals surface area (Å²) in [6, 6.07) is 0. The molecule has 0 bridgehead atoms. The first kappa shape index (κ1) is 15.5. The largest absolute Gasteiger partial charge is 0.393 e. The van der Waals surface area contributed by atoms with Gasteiger partial charge in [0.15, 0.2) is 0 Å². The van der Waals surface area contributed by atoms with Crippen molar-refractivity contribution in [2.75, 3.05) is 0 Å². The first-order chi connectivity index (χ1) is 7.31. The Morgan fingerprint density at radius 3 is 1.44 bits per heavy atom. The summed E-state index contributed by atoms with van der Waals surface area (Å²) in [6.45, 7) is 3.08. The Morgan fingerprint density at radius 2 is 1.19 bits per heavy atom. The van der Waals surface area contributed by atoms with Gasteiger partial charge in [-0.25, -0.2) is 0 Å². The normalized spacial score (nSPS) is 18.9. The topological polar surface area (TPSA) is 98.0 Å². The molecule has 0 spiro atoms. The van der Waals surface area contributed by atoms with Crippen molar-refractivity contribution < 1.29 is 25.2 Å². The second-order valence-electron chi connectivity index (χ2n) is 4.42. The van der Waals surface area contributed by atoms with Crippen LogP contribution in [-0.4, -0.2) is 50.6 Å². The molecule has 5 heteroatoms. The molecule has 0 aromatic rings. The summed E-state index contributed by atoms with van der Waals surface area (Å²) in [7, 11) is 0. The Labute approximate surface area is 95.7 Å². The lowest BCUT2D eigenvalue weighted by molar-refractivity contribution is -0.123. The number of carbonyl (C=O) groups is 1. The molecule has 0 aliphatic rings. The van der Waals surface area contributed by atoms with E-state index in [0.29, 0.717) is 0 Å². The molecule has 0 saturated carbocycles. The molecule has 0 aromatic carbocycles. The van der Waals surface area contributed by atoms with Crippen LogP contribution in [0.5, 0.6) is 0 Å².